The summed E-state index contributed by atoms with van der Waals surface area (Å²) in [5.74, 6) is 0.0215. The van der Waals surface area contributed by atoms with Crippen LogP contribution in [0.2, 0.25) is 0 Å². The molecule has 1 atom stereocenters. The van der Waals surface area contributed by atoms with Crippen LogP contribution in [-0.2, 0) is 9.53 Å². The molecule has 0 aromatic heterocycles. The second kappa shape index (κ2) is 4.07. The maximum atomic E-state index is 11.1. The Balaban J connectivity index is 2.17. The Labute approximate surface area is 92.7 Å². The quantitative estimate of drug-likeness (QED) is 0.705. The first kappa shape index (κ1) is 10.2. The van der Waals surface area contributed by atoms with E-state index < -0.39 is 6.29 Å². The molecule has 1 aliphatic heterocycles. The lowest BCUT2D eigenvalue weighted by molar-refractivity contribution is -0.148. The molecule has 1 aliphatic rings. The second-order valence-electron chi connectivity index (χ2n) is 3.35. The molecule has 80 valence electrons. The van der Waals surface area contributed by atoms with E-state index in [0.717, 1.165) is 0 Å². The van der Waals surface area contributed by atoms with Crippen LogP contribution in [0.3, 0.4) is 0 Å². The molecule has 2 rings (SSSR count). The van der Waals surface area contributed by atoms with Crippen molar-refractivity contribution in [1.82, 2.24) is 0 Å². The summed E-state index contributed by atoms with van der Waals surface area (Å²) >= 11 is 0. The molecule has 0 fully saturated rings. The van der Waals surface area contributed by atoms with Crippen molar-refractivity contribution in [1.29, 1.82) is 5.26 Å². The number of rotatable bonds is 2. The highest BCUT2D eigenvalue weighted by Gasteiger charge is 2.24. The zero-order valence-electron chi connectivity index (χ0n) is 8.64. The maximum Gasteiger partial charge on any atom is 0.336 e. The van der Waals surface area contributed by atoms with Crippen LogP contribution >= 0.6 is 0 Å². The molecule has 0 amide bonds. The fraction of sp³-hybridized carbons (Fsp3) is 0.167. The van der Waals surface area contributed by atoms with Crippen LogP contribution in [0.1, 0.15) is 12.5 Å². The number of esters is 1. The molecular formula is C12H9NO3. The van der Waals surface area contributed by atoms with Gasteiger partial charge in [0.25, 0.3) is 6.29 Å². The largest absolute Gasteiger partial charge is 0.450 e. The molecule has 1 unspecified atom stereocenters. The van der Waals surface area contributed by atoms with E-state index >= 15 is 0 Å². The van der Waals surface area contributed by atoms with E-state index in [0.29, 0.717) is 16.9 Å². The summed E-state index contributed by atoms with van der Waals surface area (Å²) in [6.45, 7) is 1.65. The zero-order valence-corrected chi connectivity index (χ0v) is 8.64. The van der Waals surface area contributed by atoms with Gasteiger partial charge in [-0.15, -0.1) is 0 Å². The van der Waals surface area contributed by atoms with Gasteiger partial charge >= 0.3 is 5.97 Å². The van der Waals surface area contributed by atoms with E-state index in [1.54, 1.807) is 37.3 Å². The number of hydrogen-bond donors (Lipinski definition) is 0. The molecular weight excluding hydrogens is 206 g/mol. The third-order valence-corrected chi connectivity index (χ3v) is 2.18. The third-order valence-electron chi connectivity index (χ3n) is 2.18. The van der Waals surface area contributed by atoms with Gasteiger partial charge in [-0.25, -0.2) is 4.79 Å². The first-order chi connectivity index (χ1) is 7.70. The van der Waals surface area contributed by atoms with Gasteiger partial charge in [-0.2, -0.15) is 5.26 Å². The average Bonchev–Trinajstić information content (AvgIpc) is 2.59. The molecule has 0 radical (unpaired) electrons. The predicted molar refractivity (Wildman–Crippen MR) is 55.4 cm³/mol. The summed E-state index contributed by atoms with van der Waals surface area (Å²) in [5.41, 5.74) is 0.927. The number of para-hydroxylation sites is 1. The molecule has 0 bridgehead atoms. The van der Waals surface area contributed by atoms with Crippen LogP contribution in [0.15, 0.2) is 35.9 Å². The van der Waals surface area contributed by atoms with Gasteiger partial charge in [-0.1, -0.05) is 12.1 Å². The number of cyclic esters (lactones) is 1. The Kier molecular flexibility index (Phi) is 2.61. The Bertz CT molecular complexity index is 499. The van der Waals surface area contributed by atoms with Crippen LogP contribution in [-0.4, -0.2) is 12.3 Å². The van der Waals surface area contributed by atoms with Gasteiger partial charge in [0.1, 0.15) is 11.8 Å². The van der Waals surface area contributed by atoms with E-state index in [4.69, 9.17) is 14.7 Å². The number of ether oxygens (including phenoxy) is 2. The average molecular weight is 215 g/mol. The highest BCUT2D eigenvalue weighted by Crippen LogP contribution is 2.22. The zero-order chi connectivity index (χ0) is 11.5. The Morgan fingerprint density at radius 1 is 1.44 bits per heavy atom. The minimum Gasteiger partial charge on any atom is -0.450 e. The van der Waals surface area contributed by atoms with Crippen molar-refractivity contribution in [3.8, 4) is 11.8 Å². The lowest BCUT2D eigenvalue weighted by Gasteiger charge is -2.11. The van der Waals surface area contributed by atoms with Crippen molar-refractivity contribution in [3.63, 3.8) is 0 Å². The van der Waals surface area contributed by atoms with Crippen molar-refractivity contribution in [2.45, 2.75) is 13.2 Å². The van der Waals surface area contributed by atoms with Crippen molar-refractivity contribution in [3.05, 3.63) is 41.5 Å². The third kappa shape index (κ3) is 1.89. The molecule has 16 heavy (non-hydrogen) atoms. The van der Waals surface area contributed by atoms with Crippen LogP contribution in [0.5, 0.6) is 5.75 Å². The van der Waals surface area contributed by atoms with Gasteiger partial charge in [0.15, 0.2) is 0 Å². The van der Waals surface area contributed by atoms with Crippen LogP contribution in [0, 0.1) is 11.3 Å². The van der Waals surface area contributed by atoms with Gasteiger partial charge in [-0.3, -0.25) is 0 Å². The molecule has 1 aromatic carbocycles. The summed E-state index contributed by atoms with van der Waals surface area (Å²) in [5, 5.41) is 8.84. The normalized spacial score (nSPS) is 18.6. The summed E-state index contributed by atoms with van der Waals surface area (Å²) in [6.07, 6.45) is 0.846. The van der Waals surface area contributed by atoms with Crippen LogP contribution in [0.4, 0.5) is 0 Å². The Morgan fingerprint density at radius 2 is 2.19 bits per heavy atom. The fourth-order valence-corrected chi connectivity index (χ4v) is 1.35. The van der Waals surface area contributed by atoms with E-state index in [1.165, 1.54) is 0 Å². The smallest absolute Gasteiger partial charge is 0.336 e. The first-order valence-electron chi connectivity index (χ1n) is 4.76. The molecule has 0 spiro atoms. The molecule has 4 heteroatoms. The number of carbonyl (C=O) groups is 1. The highest BCUT2D eigenvalue weighted by molar-refractivity contribution is 5.90. The van der Waals surface area contributed by atoms with Crippen molar-refractivity contribution in [2.75, 3.05) is 0 Å². The van der Waals surface area contributed by atoms with Crippen LogP contribution in [0.25, 0.3) is 0 Å². The second-order valence-corrected chi connectivity index (χ2v) is 3.35. The first-order valence-corrected chi connectivity index (χ1v) is 4.76. The number of carbonyl (C=O) groups excluding carboxylic acids is 1. The van der Waals surface area contributed by atoms with E-state index in [9.17, 15) is 4.79 Å². The molecule has 1 aromatic rings. The molecule has 0 N–H and O–H groups in total. The summed E-state index contributed by atoms with van der Waals surface area (Å²) in [7, 11) is 0. The molecule has 4 nitrogen and oxygen atoms in total. The minimum absolute atomic E-state index is 0.389. The van der Waals surface area contributed by atoms with E-state index in [1.807, 2.05) is 6.07 Å². The maximum absolute atomic E-state index is 11.1. The van der Waals surface area contributed by atoms with Crippen LogP contribution < -0.4 is 4.74 Å². The number of nitrogens with zero attached hydrogens (tertiary/aromatic N) is 1. The van der Waals surface area contributed by atoms with Gasteiger partial charge in [0.05, 0.1) is 5.56 Å². The molecule has 0 saturated carbocycles. The molecule has 1 heterocycles. The topological polar surface area (TPSA) is 59.3 Å². The van der Waals surface area contributed by atoms with E-state index in [2.05, 4.69) is 0 Å². The highest BCUT2D eigenvalue weighted by atomic mass is 16.7. The minimum atomic E-state index is -0.734. The van der Waals surface area contributed by atoms with Gasteiger partial charge in [0, 0.05) is 11.6 Å². The van der Waals surface area contributed by atoms with Crippen molar-refractivity contribution in [2.24, 2.45) is 0 Å². The SMILES string of the molecule is CC1=CC(Oc2ccccc2C#N)OC1=O. The number of benzene rings is 1. The van der Waals surface area contributed by atoms with Gasteiger partial charge < -0.3 is 9.47 Å². The monoisotopic (exact) mass is 215 g/mol. The van der Waals surface area contributed by atoms with Gasteiger partial charge in [0.2, 0.25) is 0 Å². The summed E-state index contributed by atoms with van der Waals surface area (Å²) < 4.78 is 10.3. The van der Waals surface area contributed by atoms with Crippen molar-refractivity contribution < 1.29 is 14.3 Å². The lowest BCUT2D eigenvalue weighted by Crippen LogP contribution is -2.16. The number of nitriles is 1. The number of hydrogen-bond acceptors (Lipinski definition) is 4. The lowest BCUT2D eigenvalue weighted by atomic mass is 10.2. The fourth-order valence-electron chi connectivity index (χ4n) is 1.35. The van der Waals surface area contributed by atoms with Gasteiger partial charge in [-0.05, 0) is 19.1 Å². The standard InChI is InChI=1S/C12H9NO3/c1-8-6-11(16-12(8)14)15-10-5-3-2-4-9(10)7-13/h2-6,11H,1H3. The van der Waals surface area contributed by atoms with Crippen molar-refractivity contribution >= 4 is 5.97 Å². The summed E-state index contributed by atoms with van der Waals surface area (Å²) in [4.78, 5) is 11.1. The Morgan fingerprint density at radius 3 is 2.81 bits per heavy atom. The molecule has 0 aliphatic carbocycles. The van der Waals surface area contributed by atoms with E-state index in [-0.39, 0.29) is 5.97 Å². The Hall–Kier alpha value is -2.28. The predicted octanol–water partition coefficient (Wildman–Crippen LogP) is 1.77. The summed E-state index contributed by atoms with van der Waals surface area (Å²) in [6, 6.07) is 8.80. The molecule has 0 saturated heterocycles.